The van der Waals surface area contributed by atoms with Crippen molar-refractivity contribution in [2.75, 3.05) is 166 Å². The molecule has 30 heteroatoms. The molecule has 0 radical (unpaired) electrons. The standard InChI is InChI=1S/C24H29N3O5.2C24H29N3O4.C23H26FN3O4/c1-24(2,23(28)29)15-26-9-11-27(12-10-26)22-18-13-16(30-3)6-8-20(18)32-21-14-17(31-4)5-7-19(21)25-22;1-16-5-8-20-18(13-16)22(25-19-7-6-17(30-4)14-21(19)31-20)27-11-9-26(10-12-27)15-24(2,3)23(28)29;1-16-13-18-21(14-20(16)30-4)31-19-8-6-5-7-17(19)22(25-18)27-11-9-26(10-12-27)15-24(2,3)23(28)29;1-23(2,22(28)29)14-26-8-10-27(11-9-26)21-17-12-15(24)4-7-19(17)31-20-13-16(30-3)5-6-18(20)25-21/h5-8,13-14H,9-12,15H2,1-4H3,(H,28,29);2*5-8,13-14H,9-12,15H2,1-4H3,(H,28,29);4-7,12-13H,8-11,14H2,1-3H3,(H,28,29). The summed E-state index contributed by atoms with van der Waals surface area (Å²) in [5, 5.41) is 37.8. The van der Waals surface area contributed by atoms with Crippen molar-refractivity contribution >= 4 is 70.0 Å². The van der Waals surface area contributed by atoms with Crippen molar-refractivity contribution in [3.05, 3.63) is 185 Å². The molecule has 0 bridgehead atoms. The number of carboxylic acids is 4. The maximum absolute atomic E-state index is 14.1. The summed E-state index contributed by atoms with van der Waals surface area (Å²) >= 11 is 0. The Balaban J connectivity index is 0.000000143. The minimum atomic E-state index is -0.816. The van der Waals surface area contributed by atoms with Crippen LogP contribution in [0.4, 0.5) is 27.1 Å². The number of aliphatic imine (C=N–C) groups is 4. The van der Waals surface area contributed by atoms with E-state index in [1.54, 1.807) is 103 Å². The number of para-hydroxylation sites is 1. The first-order chi connectivity index (χ1) is 59.6. The second-order valence-electron chi connectivity index (χ2n) is 34.7. The monoisotopic (exact) mass is 1710 g/mol. The van der Waals surface area contributed by atoms with Crippen LogP contribution in [0.25, 0.3) is 0 Å². The molecular formula is C95H113FN12O17. The lowest BCUT2D eigenvalue weighted by molar-refractivity contribution is -0.149. The summed E-state index contributed by atoms with van der Waals surface area (Å²) in [5.74, 6) is 8.61. The SMILES string of the molecule is COc1cc2c(cc1C)N=C(N1CCN(CC(C)(C)C(=O)O)CC1)c1ccccc1O2.COc1ccc2c(c1)Oc1ccc(C)cc1C(N1CCN(CC(C)(C)C(=O)O)CC1)=N2.COc1ccc2c(c1)Oc1ccc(F)cc1C(N1CCN(CC(C)(C)C(=O)O)CC1)=N2.COc1ccc2c(c1)Oc1ccc(OC)cc1C(N1CCN(CC(C)(C)C(=O)O)CC1)=N2. The third-order valence-electron chi connectivity index (χ3n) is 23.4. The number of carbonyl (C=O) groups is 4. The van der Waals surface area contributed by atoms with Crippen LogP contribution in [0, 0.1) is 41.3 Å². The Bertz CT molecular complexity index is 5280. The normalized spacial score (nSPS) is 16.4. The second kappa shape index (κ2) is 38.3. The van der Waals surface area contributed by atoms with Crippen LogP contribution in [0.3, 0.4) is 0 Å². The Kier molecular flexibility index (Phi) is 27.7. The van der Waals surface area contributed by atoms with Crippen LogP contribution in [-0.4, -0.2) is 273 Å². The number of carboxylic acid groups (broad SMARTS) is 4. The fraction of sp³-hybridized carbons (Fsp3) is 0.411. The summed E-state index contributed by atoms with van der Waals surface area (Å²) in [6.07, 6.45) is 0. The van der Waals surface area contributed by atoms with E-state index in [2.05, 4.69) is 52.2 Å². The number of hydrogen-bond acceptors (Lipinski definition) is 25. The Morgan fingerprint density at radius 3 is 0.984 bits per heavy atom. The summed E-state index contributed by atoms with van der Waals surface area (Å²) in [5.41, 5.74) is 5.29. The molecule has 0 spiro atoms. The van der Waals surface area contributed by atoms with Gasteiger partial charge in [-0.15, -0.1) is 0 Å². The van der Waals surface area contributed by atoms with Gasteiger partial charge in [-0.05, 0) is 178 Å². The molecule has 4 N–H and O–H groups in total. The summed E-state index contributed by atoms with van der Waals surface area (Å²) in [6, 6.07) is 44.7. The Morgan fingerprint density at radius 1 is 0.328 bits per heavy atom. The number of halogens is 1. The van der Waals surface area contributed by atoms with Gasteiger partial charge in [0.15, 0.2) is 23.0 Å². The zero-order chi connectivity index (χ0) is 89.4. The van der Waals surface area contributed by atoms with Gasteiger partial charge in [0, 0.05) is 155 Å². The zero-order valence-corrected chi connectivity index (χ0v) is 73.8. The number of rotatable bonds is 17. The highest BCUT2D eigenvalue weighted by Crippen LogP contribution is 2.47. The first-order valence-corrected chi connectivity index (χ1v) is 41.9. The van der Waals surface area contributed by atoms with Crippen LogP contribution in [0.1, 0.15) is 88.8 Å². The first kappa shape index (κ1) is 90.2. The summed E-state index contributed by atoms with van der Waals surface area (Å²) in [6.45, 7) is 32.1. The molecule has 662 valence electrons. The number of methoxy groups -OCH3 is 5. The highest BCUT2D eigenvalue weighted by Gasteiger charge is 2.39. The van der Waals surface area contributed by atoms with Crippen molar-refractivity contribution in [3.63, 3.8) is 0 Å². The molecule has 4 saturated heterocycles. The number of amidine groups is 4. The van der Waals surface area contributed by atoms with E-state index in [4.69, 9.17) is 62.6 Å². The molecule has 16 rings (SSSR count). The summed E-state index contributed by atoms with van der Waals surface area (Å²) in [4.78, 5) is 83.4. The Morgan fingerprint density at radius 2 is 0.624 bits per heavy atom. The number of aryl methyl sites for hydroxylation is 2. The molecule has 0 aromatic heterocycles. The summed E-state index contributed by atoms with van der Waals surface area (Å²) < 4.78 is 65.8. The van der Waals surface area contributed by atoms with Crippen molar-refractivity contribution in [3.8, 4) is 74.7 Å². The lowest BCUT2D eigenvalue weighted by Gasteiger charge is -2.39. The van der Waals surface area contributed by atoms with Crippen molar-refractivity contribution in [1.29, 1.82) is 0 Å². The highest BCUT2D eigenvalue weighted by atomic mass is 19.1. The molecule has 0 aliphatic carbocycles. The molecule has 0 unspecified atom stereocenters. The largest absolute Gasteiger partial charge is 0.497 e. The van der Waals surface area contributed by atoms with Crippen LogP contribution in [0.5, 0.6) is 74.7 Å². The number of ether oxygens (including phenoxy) is 9. The quantitative estimate of drug-likeness (QED) is 0.0658. The molecule has 125 heavy (non-hydrogen) atoms. The minimum Gasteiger partial charge on any atom is -0.497 e. The number of fused-ring (bicyclic) bond motifs is 8. The molecule has 0 saturated carbocycles. The van der Waals surface area contributed by atoms with E-state index >= 15 is 0 Å². The Hall–Kier alpha value is -12.5. The molecule has 4 fully saturated rings. The molecule has 8 heterocycles. The summed E-state index contributed by atoms with van der Waals surface area (Å²) in [7, 11) is 8.13. The number of hydrogen-bond donors (Lipinski definition) is 4. The highest BCUT2D eigenvalue weighted by molar-refractivity contribution is 6.07. The van der Waals surface area contributed by atoms with E-state index in [0.29, 0.717) is 115 Å². The van der Waals surface area contributed by atoms with Crippen LogP contribution in [0.15, 0.2) is 166 Å². The predicted molar refractivity (Wildman–Crippen MR) is 477 cm³/mol. The number of aliphatic carboxylic acids is 4. The number of nitrogens with zero attached hydrogens (tertiary/aromatic N) is 12. The van der Waals surface area contributed by atoms with Gasteiger partial charge >= 0.3 is 23.9 Å². The van der Waals surface area contributed by atoms with Gasteiger partial charge in [0.05, 0.1) is 79.5 Å². The van der Waals surface area contributed by atoms with Crippen LogP contribution >= 0.6 is 0 Å². The van der Waals surface area contributed by atoms with Crippen LogP contribution < -0.4 is 42.6 Å². The number of piperazine rings is 4. The molecule has 29 nitrogen and oxygen atoms in total. The van der Waals surface area contributed by atoms with Gasteiger partial charge < -0.3 is 82.7 Å². The Labute approximate surface area is 729 Å². The second-order valence-corrected chi connectivity index (χ2v) is 34.7. The van der Waals surface area contributed by atoms with Gasteiger partial charge in [0.2, 0.25) is 0 Å². The molecule has 8 aromatic carbocycles. The van der Waals surface area contributed by atoms with Gasteiger partial charge in [-0.2, -0.15) is 0 Å². The average Bonchev–Trinajstić information content (AvgIpc) is 1.67. The zero-order valence-electron chi connectivity index (χ0n) is 73.8. The van der Waals surface area contributed by atoms with Crippen LogP contribution in [-0.2, 0) is 19.2 Å². The molecule has 0 amide bonds. The van der Waals surface area contributed by atoms with E-state index in [9.17, 15) is 44.0 Å². The molecule has 0 atom stereocenters. The van der Waals surface area contributed by atoms with Gasteiger partial charge in [-0.25, -0.2) is 24.4 Å². The van der Waals surface area contributed by atoms with E-state index in [1.807, 2.05) is 122 Å². The van der Waals surface area contributed by atoms with E-state index in [-0.39, 0.29) is 5.82 Å². The van der Waals surface area contributed by atoms with E-state index < -0.39 is 45.5 Å². The number of benzene rings is 8. The van der Waals surface area contributed by atoms with Crippen molar-refractivity contribution < 1.29 is 86.6 Å². The third kappa shape index (κ3) is 21.3. The lowest BCUT2D eigenvalue weighted by atomic mass is 9.93. The maximum Gasteiger partial charge on any atom is 0.310 e. The fourth-order valence-electron chi connectivity index (χ4n) is 15.9. The molecule has 8 aliphatic rings. The smallest absolute Gasteiger partial charge is 0.310 e. The molecular weight excluding hydrogens is 1600 g/mol. The minimum absolute atomic E-state index is 0.361. The van der Waals surface area contributed by atoms with E-state index in [0.717, 1.165) is 170 Å². The first-order valence-electron chi connectivity index (χ1n) is 41.9. The van der Waals surface area contributed by atoms with Crippen molar-refractivity contribution in [2.24, 2.45) is 41.6 Å². The van der Waals surface area contributed by atoms with Gasteiger partial charge in [0.1, 0.15) is 104 Å². The molecule has 8 aromatic rings. The van der Waals surface area contributed by atoms with Crippen molar-refractivity contribution in [2.45, 2.75) is 69.2 Å². The average molecular weight is 1710 g/mol. The van der Waals surface area contributed by atoms with Crippen LogP contribution in [0.2, 0.25) is 0 Å². The van der Waals surface area contributed by atoms with Gasteiger partial charge in [0.25, 0.3) is 0 Å². The topological polar surface area (TPSA) is 308 Å². The lowest BCUT2D eigenvalue weighted by Crippen LogP contribution is -2.52. The van der Waals surface area contributed by atoms with Gasteiger partial charge in [-0.1, -0.05) is 23.8 Å². The maximum atomic E-state index is 14.1. The van der Waals surface area contributed by atoms with Crippen molar-refractivity contribution in [1.82, 2.24) is 39.2 Å². The molecule has 8 aliphatic heterocycles. The van der Waals surface area contributed by atoms with E-state index in [1.165, 1.54) is 12.1 Å². The predicted octanol–water partition coefficient (Wildman–Crippen LogP) is 15.2. The fourth-order valence-corrected chi connectivity index (χ4v) is 15.9. The van der Waals surface area contributed by atoms with Gasteiger partial charge in [-0.3, -0.25) is 38.8 Å². The third-order valence-corrected chi connectivity index (χ3v) is 23.4.